The monoisotopic (exact) mass is 341 g/mol. The fourth-order valence-electron chi connectivity index (χ4n) is 1.58. The van der Waals surface area contributed by atoms with Gasteiger partial charge in [-0.1, -0.05) is 0 Å². The molecule has 4 nitrogen and oxygen atoms in total. The van der Waals surface area contributed by atoms with Gasteiger partial charge in [-0.2, -0.15) is 0 Å². The second-order valence-corrected chi connectivity index (χ2v) is 5.58. The van der Waals surface area contributed by atoms with Crippen molar-refractivity contribution >= 4 is 33.0 Å². The lowest BCUT2D eigenvalue weighted by molar-refractivity contribution is 0.0879. The van der Waals surface area contributed by atoms with Crippen molar-refractivity contribution in [2.45, 2.75) is 12.5 Å². The Kier molecular flexibility index (Phi) is 4.68. The fourth-order valence-corrected chi connectivity index (χ4v) is 2.83. The molecular weight excluding hydrogens is 330 g/mol. The van der Waals surface area contributed by atoms with Gasteiger partial charge in [-0.3, -0.25) is 4.79 Å². The van der Waals surface area contributed by atoms with E-state index in [1.54, 1.807) is 36.8 Å². The molecule has 0 spiro atoms. The third-order valence-electron chi connectivity index (χ3n) is 2.57. The fraction of sp³-hybridized carbons (Fsp3) is 0.231. The predicted molar refractivity (Wildman–Crippen MR) is 76.7 cm³/mol. The molecule has 6 heteroatoms. The van der Waals surface area contributed by atoms with Gasteiger partial charge >= 0.3 is 0 Å². The highest BCUT2D eigenvalue weighted by molar-refractivity contribution is 9.10. The Hall–Kier alpha value is -1.24. The molecule has 0 amide bonds. The maximum absolute atomic E-state index is 12.0. The molecule has 2 rings (SSSR count). The maximum Gasteiger partial charge on any atom is 0.165 e. The Morgan fingerprint density at radius 2 is 2.16 bits per heavy atom. The number of carbonyl (C=O) groups excluding carboxylic acids is 1. The van der Waals surface area contributed by atoms with Crippen LogP contribution >= 0.6 is 27.3 Å². The Bertz CT molecular complexity index is 568. The van der Waals surface area contributed by atoms with E-state index in [4.69, 9.17) is 4.74 Å². The summed E-state index contributed by atoms with van der Waals surface area (Å²) in [7, 11) is 1.57. The Balaban J connectivity index is 2.03. The second-order valence-electron chi connectivity index (χ2n) is 3.88. The van der Waals surface area contributed by atoms with E-state index in [0.29, 0.717) is 20.9 Å². The zero-order chi connectivity index (χ0) is 13.8. The van der Waals surface area contributed by atoms with Gasteiger partial charge in [-0.25, -0.2) is 4.98 Å². The molecule has 2 aromatic rings. The van der Waals surface area contributed by atoms with Gasteiger partial charge in [-0.05, 0) is 40.2 Å². The number of benzene rings is 1. The molecule has 0 bridgehead atoms. The number of aliphatic hydroxyl groups is 1. The standard InChI is InChI=1S/C13H12BrNO3S/c1-18-9-4-2-8(3-5-9)10(16)6-11(17)13-15-12(14)7-19-13/h2-5,7,11,17H,6H2,1H3. The lowest BCUT2D eigenvalue weighted by Crippen LogP contribution is -2.07. The molecule has 1 aromatic heterocycles. The van der Waals surface area contributed by atoms with Crippen molar-refractivity contribution in [3.8, 4) is 5.75 Å². The number of ketones is 1. The van der Waals surface area contributed by atoms with E-state index in [1.807, 2.05) is 0 Å². The first-order chi connectivity index (χ1) is 9.10. The first kappa shape index (κ1) is 14.2. The average Bonchev–Trinajstić information content (AvgIpc) is 2.85. The van der Waals surface area contributed by atoms with E-state index in [0.717, 1.165) is 0 Å². The molecule has 0 aliphatic heterocycles. The van der Waals surface area contributed by atoms with E-state index < -0.39 is 6.10 Å². The molecule has 0 saturated heterocycles. The largest absolute Gasteiger partial charge is 0.497 e. The van der Waals surface area contributed by atoms with Gasteiger partial charge in [0, 0.05) is 17.4 Å². The molecule has 0 fully saturated rings. The van der Waals surface area contributed by atoms with E-state index in [-0.39, 0.29) is 12.2 Å². The van der Waals surface area contributed by atoms with Crippen molar-refractivity contribution in [1.82, 2.24) is 4.98 Å². The van der Waals surface area contributed by atoms with E-state index >= 15 is 0 Å². The maximum atomic E-state index is 12.0. The molecule has 0 saturated carbocycles. The van der Waals surface area contributed by atoms with Crippen molar-refractivity contribution in [2.24, 2.45) is 0 Å². The molecule has 1 unspecified atom stereocenters. The number of carbonyl (C=O) groups is 1. The number of hydrogen-bond donors (Lipinski definition) is 1. The molecular formula is C13H12BrNO3S. The number of halogens is 1. The number of Topliss-reactive ketones (excluding diaryl/α,β-unsaturated/α-hetero) is 1. The highest BCUT2D eigenvalue weighted by Gasteiger charge is 2.17. The van der Waals surface area contributed by atoms with Crippen LogP contribution in [-0.4, -0.2) is 23.0 Å². The molecule has 1 aromatic carbocycles. The molecule has 19 heavy (non-hydrogen) atoms. The van der Waals surface area contributed by atoms with Crippen molar-refractivity contribution in [3.05, 3.63) is 44.8 Å². The van der Waals surface area contributed by atoms with Crippen LogP contribution in [0.4, 0.5) is 0 Å². The summed E-state index contributed by atoms with van der Waals surface area (Å²) in [6.45, 7) is 0. The first-order valence-corrected chi connectivity index (χ1v) is 7.23. The summed E-state index contributed by atoms with van der Waals surface area (Å²) >= 11 is 4.54. The lowest BCUT2D eigenvalue weighted by Gasteiger charge is -2.07. The Labute approximate surface area is 123 Å². The van der Waals surface area contributed by atoms with E-state index in [1.165, 1.54) is 11.3 Å². The molecule has 1 atom stereocenters. The van der Waals surface area contributed by atoms with Gasteiger partial charge in [0.15, 0.2) is 5.78 Å². The van der Waals surface area contributed by atoms with Crippen LogP contribution in [0.25, 0.3) is 0 Å². The van der Waals surface area contributed by atoms with E-state index in [9.17, 15) is 9.90 Å². The lowest BCUT2D eigenvalue weighted by atomic mass is 10.1. The van der Waals surface area contributed by atoms with Crippen LogP contribution in [0.15, 0.2) is 34.2 Å². The Morgan fingerprint density at radius 3 is 2.68 bits per heavy atom. The zero-order valence-electron chi connectivity index (χ0n) is 10.2. The highest BCUT2D eigenvalue weighted by Crippen LogP contribution is 2.25. The molecule has 0 radical (unpaired) electrons. The van der Waals surface area contributed by atoms with Crippen LogP contribution in [0.2, 0.25) is 0 Å². The molecule has 0 aliphatic carbocycles. The van der Waals surface area contributed by atoms with Gasteiger partial charge in [0.2, 0.25) is 0 Å². The zero-order valence-corrected chi connectivity index (χ0v) is 12.6. The van der Waals surface area contributed by atoms with Crippen LogP contribution in [0.3, 0.4) is 0 Å². The number of nitrogens with zero attached hydrogens (tertiary/aromatic N) is 1. The van der Waals surface area contributed by atoms with Crippen molar-refractivity contribution in [3.63, 3.8) is 0 Å². The number of rotatable bonds is 5. The van der Waals surface area contributed by atoms with Crippen molar-refractivity contribution in [2.75, 3.05) is 7.11 Å². The van der Waals surface area contributed by atoms with Gasteiger partial charge in [0.1, 0.15) is 21.5 Å². The van der Waals surface area contributed by atoms with Crippen LogP contribution in [0.1, 0.15) is 27.9 Å². The van der Waals surface area contributed by atoms with Gasteiger partial charge in [0.25, 0.3) is 0 Å². The summed E-state index contributed by atoms with van der Waals surface area (Å²) in [4.78, 5) is 16.1. The minimum Gasteiger partial charge on any atom is -0.497 e. The summed E-state index contributed by atoms with van der Waals surface area (Å²) in [6.07, 6.45) is -0.849. The summed E-state index contributed by atoms with van der Waals surface area (Å²) in [5.41, 5.74) is 0.551. The third kappa shape index (κ3) is 3.62. The molecule has 1 heterocycles. The van der Waals surface area contributed by atoms with Crippen LogP contribution in [-0.2, 0) is 0 Å². The number of hydrogen-bond acceptors (Lipinski definition) is 5. The smallest absolute Gasteiger partial charge is 0.165 e. The average molecular weight is 342 g/mol. The summed E-state index contributed by atoms with van der Waals surface area (Å²) in [5.74, 6) is 0.572. The molecule has 0 aliphatic rings. The quantitative estimate of drug-likeness (QED) is 0.848. The van der Waals surface area contributed by atoms with Gasteiger partial charge in [-0.15, -0.1) is 11.3 Å². The van der Waals surface area contributed by atoms with Crippen LogP contribution in [0.5, 0.6) is 5.75 Å². The topological polar surface area (TPSA) is 59.4 Å². The van der Waals surface area contributed by atoms with Crippen LogP contribution in [0, 0.1) is 0 Å². The van der Waals surface area contributed by atoms with Crippen molar-refractivity contribution < 1.29 is 14.6 Å². The van der Waals surface area contributed by atoms with Gasteiger partial charge < -0.3 is 9.84 Å². The van der Waals surface area contributed by atoms with Crippen LogP contribution < -0.4 is 4.74 Å². The second kappa shape index (κ2) is 6.27. The first-order valence-electron chi connectivity index (χ1n) is 5.56. The number of thiazole rings is 1. The Morgan fingerprint density at radius 1 is 1.47 bits per heavy atom. The summed E-state index contributed by atoms with van der Waals surface area (Å²) < 4.78 is 5.70. The minimum absolute atomic E-state index is 0.0201. The highest BCUT2D eigenvalue weighted by atomic mass is 79.9. The summed E-state index contributed by atoms with van der Waals surface area (Å²) in [5, 5.41) is 12.3. The SMILES string of the molecule is COc1ccc(C(=O)CC(O)c2nc(Br)cs2)cc1. The molecule has 100 valence electrons. The van der Waals surface area contributed by atoms with Crippen molar-refractivity contribution in [1.29, 1.82) is 0 Å². The number of ether oxygens (including phenoxy) is 1. The third-order valence-corrected chi connectivity index (χ3v) is 4.22. The predicted octanol–water partition coefficient (Wildman–Crippen LogP) is 3.22. The van der Waals surface area contributed by atoms with E-state index in [2.05, 4.69) is 20.9 Å². The summed E-state index contributed by atoms with van der Waals surface area (Å²) in [6, 6.07) is 6.82. The number of aliphatic hydroxyl groups excluding tert-OH is 1. The minimum atomic E-state index is -0.870. The normalized spacial score (nSPS) is 12.2. The van der Waals surface area contributed by atoms with Gasteiger partial charge in [0.05, 0.1) is 7.11 Å². The number of methoxy groups -OCH3 is 1. The number of aromatic nitrogens is 1. The molecule has 1 N–H and O–H groups in total.